The van der Waals surface area contributed by atoms with E-state index in [0.717, 1.165) is 0 Å². The van der Waals surface area contributed by atoms with Crippen LogP contribution in [0.15, 0.2) is 83.8 Å². The molecule has 3 aromatic carbocycles. The van der Waals surface area contributed by atoms with Crippen LogP contribution in [0.1, 0.15) is 10.4 Å². The number of amides is 1. The molecule has 0 aliphatic carbocycles. The monoisotopic (exact) mass is 407 g/mol. The van der Waals surface area contributed by atoms with Gasteiger partial charge in [0.15, 0.2) is 6.61 Å². The van der Waals surface area contributed by atoms with E-state index in [1.54, 1.807) is 42.5 Å². The van der Waals surface area contributed by atoms with E-state index in [2.05, 4.69) is 10.0 Å². The third-order valence-electron chi connectivity index (χ3n) is 3.87. The predicted molar refractivity (Wildman–Crippen MR) is 109 cm³/mol. The average molecular weight is 407 g/mol. The highest BCUT2D eigenvalue weighted by Crippen LogP contribution is 2.19. The van der Waals surface area contributed by atoms with Crippen molar-refractivity contribution in [1.82, 2.24) is 0 Å². The van der Waals surface area contributed by atoms with Crippen molar-refractivity contribution in [3.8, 4) is 11.8 Å². The summed E-state index contributed by atoms with van der Waals surface area (Å²) in [4.78, 5) is 12.5. The third kappa shape index (κ3) is 5.34. The Bertz CT molecular complexity index is 1120. The normalized spacial score (nSPS) is 10.6. The van der Waals surface area contributed by atoms with E-state index in [1.807, 2.05) is 6.07 Å². The summed E-state index contributed by atoms with van der Waals surface area (Å²) in [6.45, 7) is -0.0495. The number of nitrogens with zero attached hydrogens (tertiary/aromatic N) is 1. The zero-order valence-corrected chi connectivity index (χ0v) is 16.0. The van der Waals surface area contributed by atoms with Crippen molar-refractivity contribution in [3.63, 3.8) is 0 Å². The van der Waals surface area contributed by atoms with Crippen LogP contribution >= 0.6 is 0 Å². The number of nitriles is 1. The number of hydrogen-bond donors (Lipinski definition) is 2. The Morgan fingerprint density at radius 1 is 0.897 bits per heavy atom. The summed E-state index contributed by atoms with van der Waals surface area (Å²) in [5, 5.41) is 11.2. The summed E-state index contributed by atoms with van der Waals surface area (Å²) >= 11 is 0. The van der Waals surface area contributed by atoms with Crippen molar-refractivity contribution in [2.24, 2.45) is 0 Å². The van der Waals surface area contributed by atoms with Gasteiger partial charge in [-0.05, 0) is 60.7 Å². The van der Waals surface area contributed by atoms with Crippen LogP contribution in [0.4, 0.5) is 11.4 Å². The van der Waals surface area contributed by atoms with Crippen molar-refractivity contribution in [2.45, 2.75) is 4.90 Å². The summed E-state index contributed by atoms with van der Waals surface area (Å²) in [6, 6.07) is 22.6. The van der Waals surface area contributed by atoms with Crippen LogP contribution in [0.3, 0.4) is 0 Å². The van der Waals surface area contributed by atoms with E-state index < -0.39 is 10.0 Å². The smallest absolute Gasteiger partial charge is 0.261 e. The summed E-state index contributed by atoms with van der Waals surface area (Å²) in [5.74, 6) is 0.188. The van der Waals surface area contributed by atoms with Crippen molar-refractivity contribution in [3.05, 3.63) is 84.4 Å². The molecule has 0 spiro atoms. The highest BCUT2D eigenvalue weighted by atomic mass is 32.2. The molecule has 0 aliphatic rings. The molecule has 3 rings (SSSR count). The van der Waals surface area contributed by atoms with Gasteiger partial charge in [0.25, 0.3) is 15.9 Å². The number of rotatable bonds is 7. The van der Waals surface area contributed by atoms with Crippen LogP contribution in [0.2, 0.25) is 0 Å². The Morgan fingerprint density at radius 3 is 2.14 bits per heavy atom. The van der Waals surface area contributed by atoms with Crippen molar-refractivity contribution in [1.29, 1.82) is 5.26 Å². The van der Waals surface area contributed by atoms with E-state index in [0.29, 0.717) is 22.7 Å². The first-order valence-corrected chi connectivity index (χ1v) is 10.1. The zero-order chi connectivity index (χ0) is 20.7. The van der Waals surface area contributed by atoms with Crippen LogP contribution in [-0.4, -0.2) is 20.9 Å². The number of anilines is 2. The number of sulfonamides is 1. The van der Waals surface area contributed by atoms with Crippen molar-refractivity contribution >= 4 is 27.3 Å². The van der Waals surface area contributed by atoms with E-state index >= 15 is 0 Å². The molecule has 0 saturated heterocycles. The topological polar surface area (TPSA) is 108 Å². The number of hydrogen-bond acceptors (Lipinski definition) is 5. The van der Waals surface area contributed by atoms with Crippen LogP contribution < -0.4 is 14.8 Å². The molecule has 0 heterocycles. The van der Waals surface area contributed by atoms with Crippen molar-refractivity contribution < 1.29 is 17.9 Å². The van der Waals surface area contributed by atoms with E-state index in [1.165, 1.54) is 36.4 Å². The Balaban J connectivity index is 1.64. The highest BCUT2D eigenvalue weighted by molar-refractivity contribution is 7.92. The predicted octanol–water partition coefficient (Wildman–Crippen LogP) is 3.64. The first-order chi connectivity index (χ1) is 14.0. The van der Waals surface area contributed by atoms with Gasteiger partial charge in [-0.15, -0.1) is 0 Å². The number of ether oxygens (including phenoxy) is 1. The summed E-state index contributed by atoms with van der Waals surface area (Å²) in [7, 11) is -3.69. The Kier molecular flexibility index (Phi) is 6.12. The quantitative estimate of drug-likeness (QED) is 0.622. The maximum atomic E-state index is 12.4. The zero-order valence-electron chi connectivity index (χ0n) is 15.2. The molecule has 7 nitrogen and oxygen atoms in total. The molecule has 0 atom stereocenters. The SMILES string of the molecule is N#CCOc1ccc(NC(=O)c2ccc(NS(=O)(=O)c3ccccc3)cc2)cc1. The molecule has 0 aromatic heterocycles. The minimum Gasteiger partial charge on any atom is -0.479 e. The largest absolute Gasteiger partial charge is 0.479 e. The Labute approximate surface area is 168 Å². The molecule has 0 fully saturated rings. The molecule has 0 saturated carbocycles. The molecular weight excluding hydrogens is 390 g/mol. The number of carbonyl (C=O) groups is 1. The van der Waals surface area contributed by atoms with Crippen molar-refractivity contribution in [2.75, 3.05) is 16.6 Å². The van der Waals surface area contributed by atoms with E-state index in [-0.39, 0.29) is 17.4 Å². The van der Waals surface area contributed by atoms with E-state index in [9.17, 15) is 13.2 Å². The second-order valence-corrected chi connectivity index (χ2v) is 7.60. The molecule has 146 valence electrons. The maximum absolute atomic E-state index is 12.4. The van der Waals surface area contributed by atoms with Crippen LogP contribution in [-0.2, 0) is 10.0 Å². The number of carbonyl (C=O) groups excluding carboxylic acids is 1. The van der Waals surface area contributed by atoms with Gasteiger partial charge < -0.3 is 10.1 Å². The molecule has 3 aromatic rings. The molecule has 8 heteroatoms. The van der Waals surface area contributed by atoms with Gasteiger partial charge in [-0.3, -0.25) is 9.52 Å². The van der Waals surface area contributed by atoms with Crippen LogP contribution in [0, 0.1) is 11.3 Å². The van der Waals surface area contributed by atoms with Gasteiger partial charge >= 0.3 is 0 Å². The molecule has 0 aliphatic heterocycles. The Morgan fingerprint density at radius 2 is 1.52 bits per heavy atom. The van der Waals surface area contributed by atoms with Crippen LogP contribution in [0.5, 0.6) is 5.75 Å². The molecule has 0 unspecified atom stereocenters. The number of nitrogens with one attached hydrogen (secondary N) is 2. The van der Waals surface area contributed by atoms with Gasteiger partial charge in [0.2, 0.25) is 0 Å². The fourth-order valence-corrected chi connectivity index (χ4v) is 3.54. The molecule has 2 N–H and O–H groups in total. The first-order valence-electron chi connectivity index (χ1n) is 8.57. The lowest BCUT2D eigenvalue weighted by Crippen LogP contribution is -2.14. The second-order valence-electron chi connectivity index (χ2n) is 5.92. The minimum atomic E-state index is -3.69. The fourth-order valence-electron chi connectivity index (χ4n) is 2.46. The lowest BCUT2D eigenvalue weighted by atomic mass is 10.2. The highest BCUT2D eigenvalue weighted by Gasteiger charge is 2.14. The van der Waals surface area contributed by atoms with E-state index in [4.69, 9.17) is 10.00 Å². The average Bonchev–Trinajstić information content (AvgIpc) is 2.74. The van der Waals surface area contributed by atoms with Gasteiger partial charge in [0.05, 0.1) is 4.90 Å². The summed E-state index contributed by atoms with van der Waals surface area (Å²) in [6.07, 6.45) is 0. The fraction of sp³-hybridized carbons (Fsp3) is 0.0476. The summed E-state index contributed by atoms with van der Waals surface area (Å²) < 4.78 is 32.3. The maximum Gasteiger partial charge on any atom is 0.261 e. The van der Waals surface area contributed by atoms with Gasteiger partial charge in [0.1, 0.15) is 11.8 Å². The molecular formula is C21H17N3O4S. The van der Waals surface area contributed by atoms with Gasteiger partial charge in [-0.25, -0.2) is 8.42 Å². The van der Waals surface area contributed by atoms with Gasteiger partial charge in [0, 0.05) is 16.9 Å². The van der Waals surface area contributed by atoms with Gasteiger partial charge in [-0.2, -0.15) is 5.26 Å². The van der Waals surface area contributed by atoms with Gasteiger partial charge in [-0.1, -0.05) is 18.2 Å². The molecule has 1 amide bonds. The second kappa shape index (κ2) is 8.91. The molecule has 0 radical (unpaired) electrons. The Hall–Kier alpha value is -3.83. The molecule has 0 bridgehead atoms. The minimum absolute atomic E-state index is 0.0495. The lowest BCUT2D eigenvalue weighted by Gasteiger charge is -2.09. The third-order valence-corrected chi connectivity index (χ3v) is 5.27. The summed E-state index contributed by atoms with van der Waals surface area (Å²) in [5.41, 5.74) is 1.29. The van der Waals surface area contributed by atoms with Crippen LogP contribution in [0.25, 0.3) is 0 Å². The molecule has 29 heavy (non-hydrogen) atoms. The lowest BCUT2D eigenvalue weighted by molar-refractivity contribution is 0.102. The standard InChI is InChI=1S/C21H17N3O4S/c22-14-15-28-19-12-10-17(11-13-19)23-21(25)16-6-8-18(9-7-16)24-29(26,27)20-4-2-1-3-5-20/h1-13,24H,15H2,(H,23,25). The number of benzene rings is 3. The first kappa shape index (κ1) is 19.9.